The maximum atomic E-state index is 13.8. The number of rotatable bonds is 6. The zero-order valence-corrected chi connectivity index (χ0v) is 17.2. The summed E-state index contributed by atoms with van der Waals surface area (Å²) in [6, 6.07) is 6.89. The lowest BCUT2D eigenvalue weighted by Gasteiger charge is -2.15. The van der Waals surface area contributed by atoms with Crippen LogP contribution in [-0.4, -0.2) is 29.6 Å². The minimum Gasteiger partial charge on any atom is -0.349 e. The molecule has 1 heterocycles. The molecule has 0 aliphatic carbocycles. The summed E-state index contributed by atoms with van der Waals surface area (Å²) in [7, 11) is -2.11. The number of nitrogens with one attached hydrogen (secondary N) is 1. The van der Waals surface area contributed by atoms with E-state index in [-0.39, 0.29) is 22.1 Å². The molecule has 0 aliphatic heterocycles. The number of sulfonamides is 1. The molecule has 1 aromatic heterocycles. The van der Waals surface area contributed by atoms with Crippen molar-refractivity contribution in [3.63, 3.8) is 0 Å². The van der Waals surface area contributed by atoms with Crippen LogP contribution >= 0.6 is 11.8 Å². The van der Waals surface area contributed by atoms with Crippen molar-refractivity contribution in [2.75, 3.05) is 5.75 Å². The second kappa shape index (κ2) is 8.09. The molecule has 154 valence electrons. The Morgan fingerprint density at radius 1 is 1.28 bits per heavy atom. The van der Waals surface area contributed by atoms with Crippen LogP contribution in [0.1, 0.15) is 18.5 Å². The molecule has 0 radical (unpaired) electrons. The number of primary sulfonamides is 1. The van der Waals surface area contributed by atoms with Gasteiger partial charge in [0.15, 0.2) is 5.16 Å². The smallest absolute Gasteiger partial charge is 0.238 e. The number of nitrogens with zero attached hydrogens (tertiary/aromatic N) is 2. The Balaban J connectivity index is 1.69. The van der Waals surface area contributed by atoms with Crippen molar-refractivity contribution >= 4 is 38.7 Å². The van der Waals surface area contributed by atoms with Gasteiger partial charge in [0.25, 0.3) is 0 Å². The summed E-state index contributed by atoms with van der Waals surface area (Å²) >= 11 is 1.14. The number of imidazole rings is 1. The highest BCUT2D eigenvalue weighted by Gasteiger charge is 2.17. The number of carbonyl (C=O) groups is 1. The van der Waals surface area contributed by atoms with Gasteiger partial charge in [-0.15, -0.1) is 0 Å². The lowest BCUT2D eigenvalue weighted by Crippen LogP contribution is -2.28. The fourth-order valence-corrected chi connectivity index (χ4v) is 4.14. The van der Waals surface area contributed by atoms with E-state index >= 15 is 0 Å². The number of hydrogen-bond donors (Lipinski definition) is 2. The molecule has 1 atom stereocenters. The molecule has 0 spiro atoms. The molecule has 1 unspecified atom stereocenters. The standard InChI is InChI=1S/C18H18F2N4O3S2/c1-10(13-5-3-11(19)7-14(13)20)22-17(25)9-28-18-23-15-8-12(29(21,26)27)4-6-16(15)24(18)2/h3-8,10H,9H2,1-2H3,(H,22,25)(H2,21,26,27). The van der Waals surface area contributed by atoms with E-state index in [1.54, 1.807) is 24.6 Å². The summed E-state index contributed by atoms with van der Waals surface area (Å²) in [6.07, 6.45) is 0. The van der Waals surface area contributed by atoms with E-state index in [2.05, 4.69) is 10.3 Å². The van der Waals surface area contributed by atoms with Crippen molar-refractivity contribution < 1.29 is 22.0 Å². The van der Waals surface area contributed by atoms with Crippen LogP contribution in [0.5, 0.6) is 0 Å². The molecule has 0 fully saturated rings. The third kappa shape index (κ3) is 4.74. The quantitative estimate of drug-likeness (QED) is 0.573. The minimum atomic E-state index is -3.84. The fraction of sp³-hybridized carbons (Fsp3) is 0.222. The van der Waals surface area contributed by atoms with E-state index in [9.17, 15) is 22.0 Å². The topological polar surface area (TPSA) is 107 Å². The van der Waals surface area contributed by atoms with Crippen LogP contribution in [0.4, 0.5) is 8.78 Å². The number of nitrogens with two attached hydrogens (primary N) is 1. The van der Waals surface area contributed by atoms with Crippen molar-refractivity contribution in [3.05, 3.63) is 53.6 Å². The van der Waals surface area contributed by atoms with Gasteiger partial charge in [-0.2, -0.15) is 0 Å². The molecule has 3 rings (SSSR count). The largest absolute Gasteiger partial charge is 0.349 e. The third-order valence-electron chi connectivity index (χ3n) is 4.28. The number of benzene rings is 2. The number of carbonyl (C=O) groups excluding carboxylic acids is 1. The van der Waals surface area contributed by atoms with E-state index in [4.69, 9.17) is 5.14 Å². The minimum absolute atomic E-state index is 0.00631. The van der Waals surface area contributed by atoms with Gasteiger partial charge in [-0.1, -0.05) is 17.8 Å². The number of fused-ring (bicyclic) bond motifs is 1. The molecule has 29 heavy (non-hydrogen) atoms. The first kappa shape index (κ1) is 21.2. The SMILES string of the molecule is CC(NC(=O)CSc1nc2cc(S(N)(=O)=O)ccc2n1C)c1ccc(F)cc1F. The van der Waals surface area contributed by atoms with Crippen LogP contribution in [0.3, 0.4) is 0 Å². The molecule has 1 amide bonds. The van der Waals surface area contributed by atoms with Gasteiger partial charge >= 0.3 is 0 Å². The third-order valence-corrected chi connectivity index (χ3v) is 6.22. The number of thioether (sulfide) groups is 1. The number of aromatic nitrogens is 2. The van der Waals surface area contributed by atoms with Crippen molar-refractivity contribution in [2.45, 2.75) is 23.0 Å². The summed E-state index contributed by atoms with van der Waals surface area (Å²) < 4.78 is 51.5. The Morgan fingerprint density at radius 3 is 2.66 bits per heavy atom. The fourth-order valence-electron chi connectivity index (χ4n) is 2.81. The Hall–Kier alpha value is -2.50. The first-order valence-electron chi connectivity index (χ1n) is 8.42. The second-order valence-electron chi connectivity index (χ2n) is 6.39. The molecule has 3 N–H and O–H groups in total. The van der Waals surface area contributed by atoms with Gasteiger partial charge in [-0.05, 0) is 31.2 Å². The predicted octanol–water partition coefficient (Wildman–Crippen LogP) is 2.47. The van der Waals surface area contributed by atoms with Crippen LogP contribution in [0.2, 0.25) is 0 Å². The average Bonchev–Trinajstić information content (AvgIpc) is 2.94. The summed E-state index contributed by atoms with van der Waals surface area (Å²) in [6.45, 7) is 1.60. The maximum absolute atomic E-state index is 13.8. The normalized spacial score (nSPS) is 12.9. The van der Waals surface area contributed by atoms with E-state index in [1.807, 2.05) is 0 Å². The molecule has 11 heteroatoms. The van der Waals surface area contributed by atoms with Crippen molar-refractivity contribution in [1.29, 1.82) is 0 Å². The van der Waals surface area contributed by atoms with Gasteiger partial charge in [0, 0.05) is 18.7 Å². The molecule has 3 aromatic rings. The molecule has 0 bridgehead atoms. The first-order valence-corrected chi connectivity index (χ1v) is 11.0. The van der Waals surface area contributed by atoms with Gasteiger partial charge in [0.2, 0.25) is 15.9 Å². The van der Waals surface area contributed by atoms with Gasteiger partial charge < -0.3 is 9.88 Å². The van der Waals surface area contributed by atoms with Crippen LogP contribution in [0.25, 0.3) is 11.0 Å². The molecule has 0 saturated heterocycles. The zero-order chi connectivity index (χ0) is 21.3. The molecular weight excluding hydrogens is 422 g/mol. The lowest BCUT2D eigenvalue weighted by molar-refractivity contribution is -0.119. The highest BCUT2D eigenvalue weighted by molar-refractivity contribution is 7.99. The summed E-state index contributed by atoms with van der Waals surface area (Å²) in [4.78, 5) is 16.5. The predicted molar refractivity (Wildman–Crippen MR) is 106 cm³/mol. The Bertz CT molecular complexity index is 1200. The molecule has 0 aliphatic rings. The van der Waals surface area contributed by atoms with Gasteiger partial charge in [-0.3, -0.25) is 4.79 Å². The number of hydrogen-bond acceptors (Lipinski definition) is 5. The Labute approximate surface area is 170 Å². The van der Waals surface area contributed by atoms with E-state index in [0.717, 1.165) is 23.9 Å². The Kier molecular flexibility index (Phi) is 5.92. The zero-order valence-electron chi connectivity index (χ0n) is 15.5. The summed E-state index contributed by atoms with van der Waals surface area (Å²) in [5.41, 5.74) is 1.30. The van der Waals surface area contributed by atoms with Crippen LogP contribution < -0.4 is 10.5 Å². The van der Waals surface area contributed by atoms with Gasteiger partial charge in [0.05, 0.1) is 27.7 Å². The van der Waals surface area contributed by atoms with Gasteiger partial charge in [0.1, 0.15) is 11.6 Å². The van der Waals surface area contributed by atoms with E-state index < -0.39 is 27.7 Å². The molecule has 7 nitrogen and oxygen atoms in total. The lowest BCUT2D eigenvalue weighted by atomic mass is 10.1. The second-order valence-corrected chi connectivity index (χ2v) is 8.90. The van der Waals surface area contributed by atoms with Crippen molar-refractivity contribution in [2.24, 2.45) is 12.2 Å². The monoisotopic (exact) mass is 440 g/mol. The van der Waals surface area contributed by atoms with Gasteiger partial charge in [-0.25, -0.2) is 27.3 Å². The van der Waals surface area contributed by atoms with Crippen molar-refractivity contribution in [1.82, 2.24) is 14.9 Å². The highest BCUT2D eigenvalue weighted by atomic mass is 32.2. The van der Waals surface area contributed by atoms with Crippen molar-refractivity contribution in [3.8, 4) is 0 Å². The molecular formula is C18H18F2N4O3S2. The highest BCUT2D eigenvalue weighted by Crippen LogP contribution is 2.25. The number of aryl methyl sites for hydroxylation is 1. The number of halogens is 2. The maximum Gasteiger partial charge on any atom is 0.238 e. The van der Waals surface area contributed by atoms with E-state index in [1.165, 1.54) is 18.2 Å². The van der Waals surface area contributed by atoms with Crippen LogP contribution in [-0.2, 0) is 21.9 Å². The first-order chi connectivity index (χ1) is 13.6. The molecule has 0 saturated carbocycles. The van der Waals surface area contributed by atoms with Crippen LogP contribution in [0, 0.1) is 11.6 Å². The Morgan fingerprint density at radius 2 is 2.00 bits per heavy atom. The summed E-state index contributed by atoms with van der Waals surface area (Å²) in [5.74, 6) is -1.77. The van der Waals surface area contributed by atoms with E-state index in [0.29, 0.717) is 16.2 Å². The average molecular weight is 440 g/mol. The summed E-state index contributed by atoms with van der Waals surface area (Å²) in [5, 5.41) is 8.29. The van der Waals surface area contributed by atoms with Crippen LogP contribution in [0.15, 0.2) is 46.5 Å². The number of amides is 1. The molecule has 2 aromatic carbocycles.